The number of hydrogen-bond acceptors (Lipinski definition) is 1. The molecule has 1 N–H and O–H groups in total. The molecule has 26 heavy (non-hydrogen) atoms. The molecule has 0 aliphatic carbocycles. The Bertz CT molecular complexity index is 1130. The van der Waals surface area contributed by atoms with Crippen LogP contribution in [0.5, 0.6) is 0 Å². The number of halogens is 4. The van der Waals surface area contributed by atoms with E-state index in [-0.39, 0.29) is 11.4 Å². The molecular formula is C19H12Cl2F2N3+. The van der Waals surface area contributed by atoms with Gasteiger partial charge in [0.05, 0.1) is 10.6 Å². The van der Waals surface area contributed by atoms with Gasteiger partial charge in [-0.1, -0.05) is 29.3 Å². The average Bonchev–Trinajstić information content (AvgIpc) is 3.03. The van der Waals surface area contributed by atoms with E-state index in [9.17, 15) is 8.78 Å². The Morgan fingerprint density at radius 2 is 1.92 bits per heavy atom. The van der Waals surface area contributed by atoms with Crippen LogP contribution in [0.25, 0.3) is 22.4 Å². The Hall–Kier alpha value is -2.50. The number of fused-ring (bicyclic) bond motifs is 1. The van der Waals surface area contributed by atoms with E-state index < -0.39 is 11.6 Å². The van der Waals surface area contributed by atoms with Gasteiger partial charge in [0.25, 0.3) is 0 Å². The monoisotopic (exact) mass is 390 g/mol. The highest BCUT2D eigenvalue weighted by Crippen LogP contribution is 2.24. The molecule has 0 unspecified atom stereocenters. The van der Waals surface area contributed by atoms with E-state index in [0.717, 1.165) is 11.6 Å². The predicted octanol–water partition coefficient (Wildman–Crippen LogP) is 5.15. The van der Waals surface area contributed by atoms with Gasteiger partial charge in [0.2, 0.25) is 0 Å². The third-order valence-electron chi connectivity index (χ3n) is 4.05. The van der Waals surface area contributed by atoms with Crippen LogP contribution in [0.1, 0.15) is 5.56 Å². The van der Waals surface area contributed by atoms with E-state index in [1.807, 2.05) is 23.0 Å². The summed E-state index contributed by atoms with van der Waals surface area (Å²) in [5.41, 5.74) is 2.36. The van der Waals surface area contributed by atoms with Crippen molar-refractivity contribution in [2.24, 2.45) is 0 Å². The molecule has 7 heteroatoms. The average molecular weight is 391 g/mol. The predicted molar refractivity (Wildman–Crippen MR) is 97.2 cm³/mol. The van der Waals surface area contributed by atoms with Crippen molar-refractivity contribution < 1.29 is 13.3 Å². The maximum Gasteiger partial charge on any atom is 0.195 e. The van der Waals surface area contributed by atoms with Crippen LogP contribution in [0.4, 0.5) is 8.78 Å². The van der Waals surface area contributed by atoms with Crippen LogP contribution in [-0.2, 0) is 6.54 Å². The molecule has 130 valence electrons. The summed E-state index contributed by atoms with van der Waals surface area (Å²) in [7, 11) is 0. The number of imidazole rings is 1. The summed E-state index contributed by atoms with van der Waals surface area (Å²) >= 11 is 12.1. The van der Waals surface area contributed by atoms with E-state index >= 15 is 0 Å². The molecule has 3 nitrogen and oxygen atoms in total. The summed E-state index contributed by atoms with van der Waals surface area (Å²) in [6, 6.07) is 11.1. The lowest BCUT2D eigenvalue weighted by Gasteiger charge is -2.01. The Morgan fingerprint density at radius 3 is 2.73 bits per heavy atom. The van der Waals surface area contributed by atoms with E-state index in [0.29, 0.717) is 27.6 Å². The lowest BCUT2D eigenvalue weighted by Crippen LogP contribution is -2.33. The molecule has 0 saturated heterocycles. The highest BCUT2D eigenvalue weighted by Gasteiger charge is 2.15. The smallest absolute Gasteiger partial charge is 0.195 e. The molecule has 0 aliphatic rings. The first-order chi connectivity index (χ1) is 12.5. The maximum atomic E-state index is 14.0. The first kappa shape index (κ1) is 16.9. The van der Waals surface area contributed by atoms with Gasteiger partial charge in [0.1, 0.15) is 16.9 Å². The molecule has 2 aromatic heterocycles. The second kappa shape index (κ2) is 6.67. The number of aromatic nitrogens is 3. The van der Waals surface area contributed by atoms with Gasteiger partial charge in [-0.2, -0.15) is 4.57 Å². The number of H-pyrrole nitrogens is 1. The minimum absolute atomic E-state index is 0.0912. The highest BCUT2D eigenvalue weighted by molar-refractivity contribution is 6.35. The van der Waals surface area contributed by atoms with Crippen LogP contribution < -0.4 is 4.57 Å². The van der Waals surface area contributed by atoms with Gasteiger partial charge in [0, 0.05) is 16.7 Å². The zero-order valence-corrected chi connectivity index (χ0v) is 14.8. The van der Waals surface area contributed by atoms with E-state index in [1.165, 1.54) is 12.1 Å². The molecule has 0 amide bonds. The van der Waals surface area contributed by atoms with Gasteiger partial charge >= 0.3 is 0 Å². The Kier molecular flexibility index (Phi) is 4.34. The quantitative estimate of drug-likeness (QED) is 0.482. The number of nitrogens with zero attached hydrogens (tertiary/aromatic N) is 2. The molecule has 0 fully saturated rings. The number of aromatic amines is 1. The molecule has 2 aromatic carbocycles. The lowest BCUT2D eigenvalue weighted by atomic mass is 10.2. The van der Waals surface area contributed by atoms with Crippen molar-refractivity contribution in [1.29, 1.82) is 0 Å². The summed E-state index contributed by atoms with van der Waals surface area (Å²) in [4.78, 5) is 7.38. The topological polar surface area (TPSA) is 32.6 Å². The first-order valence-corrected chi connectivity index (χ1v) is 8.54. The van der Waals surface area contributed by atoms with Crippen molar-refractivity contribution in [3.05, 3.63) is 82.1 Å². The summed E-state index contributed by atoms with van der Waals surface area (Å²) < 4.78 is 29.4. The molecule has 0 aliphatic heterocycles. The fourth-order valence-corrected chi connectivity index (χ4v) is 3.23. The van der Waals surface area contributed by atoms with Gasteiger partial charge in [-0.25, -0.2) is 13.8 Å². The lowest BCUT2D eigenvalue weighted by molar-refractivity contribution is -0.687. The third kappa shape index (κ3) is 3.16. The number of hydrogen-bond donors (Lipinski definition) is 1. The molecule has 0 radical (unpaired) electrons. The summed E-state index contributed by atoms with van der Waals surface area (Å²) in [6.07, 6.45) is 3.69. The zero-order valence-electron chi connectivity index (χ0n) is 13.3. The van der Waals surface area contributed by atoms with Gasteiger partial charge < -0.3 is 4.98 Å². The normalized spacial score (nSPS) is 11.2. The fourth-order valence-electron chi connectivity index (χ4n) is 2.76. The van der Waals surface area contributed by atoms with Crippen LogP contribution in [0, 0.1) is 11.6 Å². The molecule has 0 bridgehead atoms. The standard InChI is InChI=1S/C19H11Cl2F2N3/c20-12-5-4-11(14(21)8-12)9-26-7-6-16-17(10-26)25-19(24-16)13-2-1-3-15(22)18(13)23/h1-8,10H,9H2/p+1. The Morgan fingerprint density at radius 1 is 1.08 bits per heavy atom. The fraction of sp³-hybridized carbons (Fsp3) is 0.0526. The van der Waals surface area contributed by atoms with Crippen molar-refractivity contribution in [1.82, 2.24) is 9.97 Å². The van der Waals surface area contributed by atoms with Gasteiger partial charge in [-0.05, 0) is 30.3 Å². The van der Waals surface area contributed by atoms with Crippen LogP contribution in [0.3, 0.4) is 0 Å². The van der Waals surface area contributed by atoms with E-state index in [4.69, 9.17) is 23.2 Å². The minimum atomic E-state index is -0.924. The van der Waals surface area contributed by atoms with Crippen molar-refractivity contribution >= 4 is 34.2 Å². The molecular weight excluding hydrogens is 379 g/mol. The Balaban J connectivity index is 1.71. The SMILES string of the molecule is Fc1cccc(-c2nc3cc[n+](Cc4ccc(Cl)cc4Cl)cc3[nH]2)c1F. The van der Waals surface area contributed by atoms with Crippen LogP contribution in [0.15, 0.2) is 54.9 Å². The van der Waals surface area contributed by atoms with Crippen molar-refractivity contribution in [3.63, 3.8) is 0 Å². The molecule has 0 atom stereocenters. The van der Waals surface area contributed by atoms with Crippen LogP contribution >= 0.6 is 23.2 Å². The van der Waals surface area contributed by atoms with Crippen LogP contribution in [-0.4, -0.2) is 9.97 Å². The van der Waals surface area contributed by atoms with Gasteiger partial charge in [-0.3, -0.25) is 0 Å². The van der Waals surface area contributed by atoms with Gasteiger partial charge in [0.15, 0.2) is 30.6 Å². The van der Waals surface area contributed by atoms with Crippen molar-refractivity contribution in [2.75, 3.05) is 0 Å². The molecule has 0 saturated carbocycles. The summed E-state index contributed by atoms with van der Waals surface area (Å²) in [6.45, 7) is 0.536. The summed E-state index contributed by atoms with van der Waals surface area (Å²) in [5.74, 6) is -1.55. The van der Waals surface area contributed by atoms with E-state index in [2.05, 4.69) is 9.97 Å². The third-order valence-corrected chi connectivity index (χ3v) is 4.64. The molecule has 4 rings (SSSR count). The van der Waals surface area contributed by atoms with Crippen molar-refractivity contribution in [2.45, 2.75) is 6.54 Å². The second-order valence-electron chi connectivity index (χ2n) is 5.84. The number of rotatable bonds is 3. The molecule has 0 spiro atoms. The number of benzene rings is 2. The van der Waals surface area contributed by atoms with Crippen molar-refractivity contribution in [3.8, 4) is 11.4 Å². The number of pyridine rings is 1. The van der Waals surface area contributed by atoms with Gasteiger partial charge in [-0.15, -0.1) is 0 Å². The highest BCUT2D eigenvalue weighted by atomic mass is 35.5. The minimum Gasteiger partial charge on any atom is -0.333 e. The zero-order chi connectivity index (χ0) is 18.3. The maximum absolute atomic E-state index is 14.0. The largest absolute Gasteiger partial charge is 0.333 e. The van der Waals surface area contributed by atoms with E-state index in [1.54, 1.807) is 18.2 Å². The first-order valence-electron chi connectivity index (χ1n) is 7.78. The van der Waals surface area contributed by atoms with Crippen LogP contribution in [0.2, 0.25) is 10.0 Å². The molecule has 2 heterocycles. The molecule has 4 aromatic rings. The Labute approximate surface area is 157 Å². The summed E-state index contributed by atoms with van der Waals surface area (Å²) in [5, 5.41) is 1.16. The second-order valence-corrected chi connectivity index (χ2v) is 6.68. The number of nitrogens with one attached hydrogen (secondary N) is 1.